The summed E-state index contributed by atoms with van der Waals surface area (Å²) in [6.45, 7) is 3.80. The van der Waals surface area contributed by atoms with Gasteiger partial charge in [0.25, 0.3) is 0 Å². The molecule has 1 aromatic heterocycles. The van der Waals surface area contributed by atoms with Gasteiger partial charge in [-0.2, -0.15) is 0 Å². The topological polar surface area (TPSA) is 30.0 Å². The second-order valence-electron chi connectivity index (χ2n) is 4.34. The number of rotatable bonds is 4. The average Bonchev–Trinajstić information content (AvgIpc) is 2.63. The summed E-state index contributed by atoms with van der Waals surface area (Å²) in [7, 11) is 0. The Balaban J connectivity index is 2.09. The van der Waals surface area contributed by atoms with Crippen LogP contribution in [0, 0.1) is 25.5 Å². The van der Waals surface area contributed by atoms with E-state index in [9.17, 15) is 13.6 Å². The highest BCUT2D eigenvalue weighted by molar-refractivity contribution is 7.11. The number of benzene rings is 1. The van der Waals surface area contributed by atoms with Gasteiger partial charge in [0.15, 0.2) is 0 Å². The number of nitrogens with zero attached hydrogens (tertiary/aromatic N) is 1. The molecule has 2 nitrogen and oxygen atoms in total. The maximum atomic E-state index is 13.4. The van der Waals surface area contributed by atoms with Gasteiger partial charge < -0.3 is 0 Å². The van der Waals surface area contributed by atoms with E-state index in [0.717, 1.165) is 22.7 Å². The van der Waals surface area contributed by atoms with Crippen LogP contribution in [0.5, 0.6) is 0 Å². The van der Waals surface area contributed by atoms with Crippen molar-refractivity contribution in [1.29, 1.82) is 0 Å². The Labute approximate surface area is 114 Å². The molecule has 19 heavy (non-hydrogen) atoms. The van der Waals surface area contributed by atoms with Crippen LogP contribution in [-0.2, 0) is 17.6 Å². The van der Waals surface area contributed by atoms with Gasteiger partial charge in [0, 0.05) is 16.9 Å². The van der Waals surface area contributed by atoms with E-state index < -0.39 is 11.6 Å². The first-order chi connectivity index (χ1) is 8.97. The summed E-state index contributed by atoms with van der Waals surface area (Å²) in [6, 6.07) is 3.60. The van der Waals surface area contributed by atoms with Crippen molar-refractivity contribution < 1.29 is 13.6 Å². The Morgan fingerprint density at radius 3 is 2.37 bits per heavy atom. The van der Waals surface area contributed by atoms with Crippen LogP contribution in [0.15, 0.2) is 18.2 Å². The SMILES string of the molecule is Cc1nc(CC(=O)Cc2c(F)cccc2F)sc1C. The van der Waals surface area contributed by atoms with Gasteiger partial charge in [-0.3, -0.25) is 4.79 Å². The molecule has 0 saturated carbocycles. The fourth-order valence-corrected chi connectivity index (χ4v) is 2.71. The summed E-state index contributed by atoms with van der Waals surface area (Å²) in [5.41, 5.74) is 0.724. The largest absolute Gasteiger partial charge is 0.299 e. The smallest absolute Gasteiger partial charge is 0.144 e. The van der Waals surface area contributed by atoms with E-state index in [2.05, 4.69) is 4.98 Å². The van der Waals surface area contributed by atoms with E-state index in [0.29, 0.717) is 5.01 Å². The van der Waals surface area contributed by atoms with Crippen molar-refractivity contribution in [2.45, 2.75) is 26.7 Å². The fraction of sp³-hybridized carbons (Fsp3) is 0.286. The quantitative estimate of drug-likeness (QED) is 0.859. The van der Waals surface area contributed by atoms with Gasteiger partial charge in [-0.25, -0.2) is 13.8 Å². The van der Waals surface area contributed by atoms with Crippen molar-refractivity contribution >= 4 is 17.1 Å². The van der Waals surface area contributed by atoms with E-state index in [1.54, 1.807) is 0 Å². The average molecular weight is 281 g/mol. The van der Waals surface area contributed by atoms with E-state index >= 15 is 0 Å². The van der Waals surface area contributed by atoms with Gasteiger partial charge in [-0.1, -0.05) is 6.07 Å². The highest BCUT2D eigenvalue weighted by Gasteiger charge is 2.15. The minimum atomic E-state index is -0.681. The molecule has 0 bridgehead atoms. The molecule has 0 aliphatic rings. The molecule has 0 fully saturated rings. The Hall–Kier alpha value is -1.62. The Morgan fingerprint density at radius 1 is 1.21 bits per heavy atom. The fourth-order valence-electron chi connectivity index (χ4n) is 1.74. The lowest BCUT2D eigenvalue weighted by Crippen LogP contribution is -2.09. The normalized spacial score (nSPS) is 10.7. The lowest BCUT2D eigenvalue weighted by molar-refractivity contribution is -0.117. The van der Waals surface area contributed by atoms with Gasteiger partial charge >= 0.3 is 0 Å². The second kappa shape index (κ2) is 5.57. The first kappa shape index (κ1) is 13.8. The van der Waals surface area contributed by atoms with Crippen LogP contribution in [0.4, 0.5) is 8.78 Å². The van der Waals surface area contributed by atoms with E-state index in [1.807, 2.05) is 13.8 Å². The summed E-state index contributed by atoms with van der Waals surface area (Å²) in [5.74, 6) is -1.60. The lowest BCUT2D eigenvalue weighted by Gasteiger charge is -2.03. The summed E-state index contributed by atoms with van der Waals surface area (Å²) < 4.78 is 26.8. The molecule has 1 aromatic carbocycles. The van der Waals surface area contributed by atoms with Gasteiger partial charge in [0.1, 0.15) is 22.4 Å². The first-order valence-electron chi connectivity index (χ1n) is 5.85. The van der Waals surface area contributed by atoms with Gasteiger partial charge in [0.05, 0.1) is 12.1 Å². The number of carbonyl (C=O) groups is 1. The lowest BCUT2D eigenvalue weighted by atomic mass is 10.1. The zero-order valence-electron chi connectivity index (χ0n) is 10.7. The van der Waals surface area contributed by atoms with E-state index in [-0.39, 0.29) is 24.2 Å². The van der Waals surface area contributed by atoms with Crippen LogP contribution < -0.4 is 0 Å². The van der Waals surface area contributed by atoms with Crippen LogP contribution in [-0.4, -0.2) is 10.8 Å². The molecule has 0 aliphatic carbocycles. The molecule has 5 heteroatoms. The van der Waals surface area contributed by atoms with Crippen molar-refractivity contribution in [3.8, 4) is 0 Å². The predicted molar refractivity (Wildman–Crippen MR) is 70.4 cm³/mol. The van der Waals surface area contributed by atoms with Gasteiger partial charge in [-0.05, 0) is 26.0 Å². The summed E-state index contributed by atoms with van der Waals surface area (Å²) in [5, 5.41) is 0.691. The highest BCUT2D eigenvalue weighted by atomic mass is 32.1. The first-order valence-corrected chi connectivity index (χ1v) is 6.66. The molecule has 0 unspecified atom stereocenters. The molecule has 100 valence electrons. The molecule has 0 atom stereocenters. The molecule has 0 N–H and O–H groups in total. The minimum Gasteiger partial charge on any atom is -0.299 e. The number of hydrogen-bond donors (Lipinski definition) is 0. The highest BCUT2D eigenvalue weighted by Crippen LogP contribution is 2.19. The summed E-state index contributed by atoms with van der Waals surface area (Å²) in [4.78, 5) is 17.1. The van der Waals surface area contributed by atoms with Gasteiger partial charge in [0.2, 0.25) is 0 Å². The zero-order chi connectivity index (χ0) is 14.0. The third-order valence-corrected chi connectivity index (χ3v) is 3.93. The van der Waals surface area contributed by atoms with Crippen LogP contribution >= 0.6 is 11.3 Å². The number of thiazole rings is 1. The van der Waals surface area contributed by atoms with Crippen LogP contribution in [0.25, 0.3) is 0 Å². The van der Waals surface area contributed by atoms with Crippen molar-refractivity contribution in [3.05, 3.63) is 51.0 Å². The molecule has 2 aromatic rings. The minimum absolute atomic E-state index is 0.118. The standard InChI is InChI=1S/C14H13F2NOS/c1-8-9(2)19-14(17-8)7-10(18)6-11-12(15)4-3-5-13(11)16/h3-5H,6-7H2,1-2H3. The number of hydrogen-bond acceptors (Lipinski definition) is 3. The maximum absolute atomic E-state index is 13.4. The van der Waals surface area contributed by atoms with Crippen LogP contribution in [0.1, 0.15) is 21.1 Å². The summed E-state index contributed by atoms with van der Waals surface area (Å²) in [6.07, 6.45) is -0.122. The van der Waals surface area contributed by atoms with Crippen molar-refractivity contribution in [1.82, 2.24) is 4.98 Å². The molecule has 0 aliphatic heterocycles. The molecular formula is C14H13F2NOS. The molecule has 0 radical (unpaired) electrons. The molecule has 0 spiro atoms. The monoisotopic (exact) mass is 281 g/mol. The van der Waals surface area contributed by atoms with Crippen molar-refractivity contribution in [2.75, 3.05) is 0 Å². The number of Topliss-reactive ketones (excluding diaryl/α,β-unsaturated/α-hetero) is 1. The van der Waals surface area contributed by atoms with Crippen molar-refractivity contribution in [2.24, 2.45) is 0 Å². The zero-order valence-corrected chi connectivity index (χ0v) is 11.5. The number of carbonyl (C=O) groups excluding carboxylic acids is 1. The van der Waals surface area contributed by atoms with E-state index in [4.69, 9.17) is 0 Å². The van der Waals surface area contributed by atoms with Crippen LogP contribution in [0.3, 0.4) is 0 Å². The molecule has 2 rings (SSSR count). The Bertz CT molecular complexity index is 582. The van der Waals surface area contributed by atoms with E-state index in [1.165, 1.54) is 17.4 Å². The number of aromatic nitrogens is 1. The molecule has 1 heterocycles. The molecule has 0 amide bonds. The maximum Gasteiger partial charge on any atom is 0.144 e. The number of halogens is 2. The Kier molecular flexibility index (Phi) is 4.04. The van der Waals surface area contributed by atoms with Crippen molar-refractivity contribution in [3.63, 3.8) is 0 Å². The number of aryl methyl sites for hydroxylation is 2. The summed E-state index contributed by atoms with van der Waals surface area (Å²) >= 11 is 1.44. The van der Waals surface area contributed by atoms with Crippen LogP contribution in [0.2, 0.25) is 0 Å². The predicted octanol–water partition coefficient (Wildman–Crippen LogP) is 3.39. The van der Waals surface area contributed by atoms with Gasteiger partial charge in [-0.15, -0.1) is 11.3 Å². The Morgan fingerprint density at radius 2 is 1.84 bits per heavy atom. The molecule has 0 saturated heterocycles. The third-order valence-electron chi connectivity index (χ3n) is 2.86. The number of ketones is 1. The third kappa shape index (κ3) is 3.23. The molecular weight excluding hydrogens is 268 g/mol. The second-order valence-corrected chi connectivity index (χ2v) is 5.63.